The van der Waals surface area contributed by atoms with E-state index in [-0.39, 0.29) is 42.3 Å². The van der Waals surface area contributed by atoms with Gasteiger partial charge in [0.15, 0.2) is 5.96 Å². The number of carbonyl (C=O) groups is 2. The number of hydrogen-bond donors (Lipinski definition) is 2. The van der Waals surface area contributed by atoms with Gasteiger partial charge in [-0.25, -0.2) is 4.99 Å². The normalized spacial score (nSPS) is 10.7. The Labute approximate surface area is 199 Å². The van der Waals surface area contributed by atoms with Gasteiger partial charge in [0, 0.05) is 45.2 Å². The van der Waals surface area contributed by atoms with Gasteiger partial charge in [-0.15, -0.1) is 35.3 Å². The molecule has 0 unspecified atom stereocenters. The minimum absolute atomic E-state index is 0. The van der Waals surface area contributed by atoms with Crippen LogP contribution >= 0.6 is 35.3 Å². The zero-order chi connectivity index (χ0) is 21.2. The lowest BCUT2D eigenvalue weighted by Crippen LogP contribution is -2.43. The van der Waals surface area contributed by atoms with Gasteiger partial charge >= 0.3 is 0 Å². The molecule has 0 atom stereocenters. The fraction of sp³-hybridized carbons (Fsp3) is 0.381. The highest BCUT2D eigenvalue weighted by Gasteiger charge is 2.08. The van der Waals surface area contributed by atoms with Crippen molar-refractivity contribution in [2.75, 3.05) is 41.3 Å². The summed E-state index contributed by atoms with van der Waals surface area (Å²) >= 11 is 1.72. The van der Waals surface area contributed by atoms with Gasteiger partial charge in [0.2, 0.25) is 5.91 Å². The summed E-state index contributed by atoms with van der Waals surface area (Å²) in [5.74, 6) is 0.536. The van der Waals surface area contributed by atoms with Gasteiger partial charge in [0.25, 0.3) is 5.91 Å². The molecule has 1 aromatic carbocycles. The first-order chi connectivity index (χ1) is 13.9. The van der Waals surface area contributed by atoms with Gasteiger partial charge in [-0.2, -0.15) is 0 Å². The van der Waals surface area contributed by atoms with Crippen LogP contribution in [-0.4, -0.2) is 68.9 Å². The molecule has 1 aromatic heterocycles. The highest BCUT2D eigenvalue weighted by molar-refractivity contribution is 14.0. The second-order valence-corrected chi connectivity index (χ2v) is 7.99. The maximum absolute atomic E-state index is 12.0. The van der Waals surface area contributed by atoms with Crippen molar-refractivity contribution < 1.29 is 9.59 Å². The van der Waals surface area contributed by atoms with Crippen molar-refractivity contribution in [1.29, 1.82) is 0 Å². The molecular weight excluding hydrogens is 513 g/mol. The van der Waals surface area contributed by atoms with E-state index in [2.05, 4.69) is 27.1 Å². The standard InChI is InChI=1S/C21H29N5O2S.HI/c1-25(2)19(27)15-24-21(22-12-11-18-6-5-13-29-18)23-14-16-7-9-17(10-8-16)20(28)26(3)4;/h5-10,13H,11-12,14-15H2,1-4H3,(H2,22,23,24);1H. The molecule has 0 radical (unpaired) electrons. The van der Waals surface area contributed by atoms with Gasteiger partial charge in [-0.3, -0.25) is 9.59 Å². The van der Waals surface area contributed by atoms with Crippen LogP contribution in [0.15, 0.2) is 46.8 Å². The molecule has 0 aliphatic rings. The summed E-state index contributed by atoms with van der Waals surface area (Å²) in [4.78, 5) is 32.8. The zero-order valence-corrected chi connectivity index (χ0v) is 21.0. The molecule has 0 saturated heterocycles. The van der Waals surface area contributed by atoms with Crippen molar-refractivity contribution in [3.05, 3.63) is 57.8 Å². The minimum Gasteiger partial charge on any atom is -0.356 e. The summed E-state index contributed by atoms with van der Waals surface area (Å²) in [6, 6.07) is 11.5. The summed E-state index contributed by atoms with van der Waals surface area (Å²) in [6.45, 7) is 1.34. The molecule has 164 valence electrons. The maximum atomic E-state index is 12.0. The fourth-order valence-electron chi connectivity index (χ4n) is 2.43. The van der Waals surface area contributed by atoms with E-state index in [0.29, 0.717) is 18.1 Å². The third kappa shape index (κ3) is 8.70. The molecule has 0 saturated carbocycles. The number of amides is 2. The summed E-state index contributed by atoms with van der Waals surface area (Å²) in [6.07, 6.45) is 0.890. The zero-order valence-electron chi connectivity index (χ0n) is 17.8. The molecule has 0 spiro atoms. The molecule has 30 heavy (non-hydrogen) atoms. The number of halogens is 1. The number of nitrogens with one attached hydrogen (secondary N) is 2. The number of likely N-dealkylation sites (N-methyl/N-ethyl adjacent to an activating group) is 1. The number of guanidine groups is 1. The molecule has 2 rings (SSSR count). The van der Waals surface area contributed by atoms with Gasteiger partial charge in [0.05, 0.1) is 13.1 Å². The van der Waals surface area contributed by atoms with E-state index in [1.165, 1.54) is 9.78 Å². The molecule has 0 fully saturated rings. The Morgan fingerprint density at radius 1 is 1.00 bits per heavy atom. The topological polar surface area (TPSA) is 77.0 Å². The number of benzene rings is 1. The van der Waals surface area contributed by atoms with Crippen LogP contribution in [0, 0.1) is 0 Å². The Kier molecular flexibility index (Phi) is 11.4. The van der Waals surface area contributed by atoms with Crippen LogP contribution in [0.4, 0.5) is 0 Å². The molecule has 9 heteroatoms. The molecule has 7 nitrogen and oxygen atoms in total. The quantitative estimate of drug-likeness (QED) is 0.305. The van der Waals surface area contributed by atoms with E-state index in [9.17, 15) is 9.59 Å². The third-order valence-electron chi connectivity index (χ3n) is 4.18. The van der Waals surface area contributed by atoms with Crippen molar-refractivity contribution in [2.45, 2.75) is 13.0 Å². The Balaban J connectivity index is 0.00000450. The molecule has 2 aromatic rings. The third-order valence-corrected chi connectivity index (χ3v) is 5.11. The van der Waals surface area contributed by atoms with E-state index in [4.69, 9.17) is 0 Å². The Bertz CT molecular complexity index is 820. The van der Waals surface area contributed by atoms with Gasteiger partial charge in [-0.05, 0) is 35.6 Å². The second kappa shape index (κ2) is 13.2. The van der Waals surface area contributed by atoms with Crippen LogP contribution in [0.5, 0.6) is 0 Å². The summed E-state index contributed by atoms with van der Waals surface area (Å²) in [7, 11) is 6.91. The van der Waals surface area contributed by atoms with Crippen LogP contribution in [0.3, 0.4) is 0 Å². The van der Waals surface area contributed by atoms with Crippen LogP contribution in [0.25, 0.3) is 0 Å². The van der Waals surface area contributed by atoms with Crippen molar-refractivity contribution in [3.63, 3.8) is 0 Å². The number of carbonyl (C=O) groups excluding carboxylic acids is 2. The predicted octanol–water partition coefficient (Wildman–Crippen LogP) is 2.43. The monoisotopic (exact) mass is 543 g/mol. The average Bonchev–Trinajstić information content (AvgIpc) is 3.22. The van der Waals surface area contributed by atoms with E-state index in [1.54, 1.807) is 56.6 Å². The summed E-state index contributed by atoms with van der Waals surface area (Å²) in [5.41, 5.74) is 1.63. The Hall–Kier alpha value is -2.14. The van der Waals surface area contributed by atoms with Gasteiger partial charge in [-0.1, -0.05) is 18.2 Å². The van der Waals surface area contributed by atoms with Crippen molar-refractivity contribution in [2.24, 2.45) is 4.99 Å². The lowest BCUT2D eigenvalue weighted by Gasteiger charge is -2.15. The molecule has 2 amide bonds. The Morgan fingerprint density at radius 3 is 2.27 bits per heavy atom. The van der Waals surface area contributed by atoms with Gasteiger partial charge in [0.1, 0.15) is 0 Å². The number of rotatable bonds is 8. The van der Waals surface area contributed by atoms with Crippen molar-refractivity contribution >= 4 is 53.1 Å². The highest BCUT2D eigenvalue weighted by atomic mass is 127. The van der Waals surface area contributed by atoms with E-state index < -0.39 is 0 Å². The maximum Gasteiger partial charge on any atom is 0.253 e. The van der Waals surface area contributed by atoms with Crippen molar-refractivity contribution in [3.8, 4) is 0 Å². The number of nitrogens with zero attached hydrogens (tertiary/aromatic N) is 3. The number of hydrogen-bond acceptors (Lipinski definition) is 4. The molecule has 1 heterocycles. The second-order valence-electron chi connectivity index (χ2n) is 6.96. The van der Waals surface area contributed by atoms with Gasteiger partial charge < -0.3 is 20.4 Å². The van der Waals surface area contributed by atoms with Crippen molar-refractivity contribution in [1.82, 2.24) is 20.4 Å². The highest BCUT2D eigenvalue weighted by Crippen LogP contribution is 2.09. The number of thiophene rings is 1. The fourth-order valence-corrected chi connectivity index (χ4v) is 3.14. The summed E-state index contributed by atoms with van der Waals surface area (Å²) < 4.78 is 0. The van der Waals surface area contributed by atoms with E-state index >= 15 is 0 Å². The van der Waals surface area contributed by atoms with Crippen LogP contribution in [0.1, 0.15) is 20.8 Å². The predicted molar refractivity (Wildman–Crippen MR) is 134 cm³/mol. The Morgan fingerprint density at radius 2 is 1.70 bits per heavy atom. The first-order valence-corrected chi connectivity index (χ1v) is 10.3. The lowest BCUT2D eigenvalue weighted by atomic mass is 10.1. The van der Waals surface area contributed by atoms with Crippen LogP contribution in [0.2, 0.25) is 0 Å². The van der Waals surface area contributed by atoms with E-state index in [0.717, 1.165) is 18.5 Å². The molecule has 0 aliphatic heterocycles. The largest absolute Gasteiger partial charge is 0.356 e. The van der Waals surface area contributed by atoms with E-state index in [1.807, 2.05) is 18.2 Å². The number of aliphatic imine (C=N–C) groups is 1. The SMILES string of the molecule is CN(C)C(=O)CNC(=NCc1ccc(C(=O)N(C)C)cc1)NCCc1cccs1.I. The average molecular weight is 543 g/mol. The lowest BCUT2D eigenvalue weighted by molar-refractivity contribution is -0.127. The first kappa shape index (κ1) is 25.9. The molecule has 0 aliphatic carbocycles. The smallest absolute Gasteiger partial charge is 0.253 e. The molecular formula is C21H30IN5O2S. The van der Waals surface area contributed by atoms with Crippen LogP contribution in [-0.2, 0) is 17.8 Å². The molecule has 0 bridgehead atoms. The van der Waals surface area contributed by atoms with Crippen LogP contribution < -0.4 is 10.6 Å². The first-order valence-electron chi connectivity index (χ1n) is 9.42. The molecule has 2 N–H and O–H groups in total. The summed E-state index contributed by atoms with van der Waals surface area (Å²) in [5, 5.41) is 8.43. The minimum atomic E-state index is -0.0279.